The summed E-state index contributed by atoms with van der Waals surface area (Å²) in [6, 6.07) is 2.19. The summed E-state index contributed by atoms with van der Waals surface area (Å²) in [5, 5.41) is 7.33. The quantitative estimate of drug-likeness (QED) is 0.534. The molecule has 23 heavy (non-hydrogen) atoms. The molecule has 0 N–H and O–H groups in total. The van der Waals surface area contributed by atoms with E-state index in [1.165, 1.54) is 64.3 Å². The molecule has 1 aromatic heterocycles. The number of hydrogen-bond donors (Lipinski definition) is 0. The zero-order chi connectivity index (χ0) is 16.8. The van der Waals surface area contributed by atoms with Crippen molar-refractivity contribution in [2.45, 2.75) is 78.7 Å². The van der Waals surface area contributed by atoms with Gasteiger partial charge in [-0.15, -0.1) is 0 Å². The summed E-state index contributed by atoms with van der Waals surface area (Å²) in [6.45, 7) is 7.78. The van der Waals surface area contributed by atoms with Gasteiger partial charge in [-0.25, -0.2) is 0 Å². The number of aryl methyl sites for hydroxylation is 2. The van der Waals surface area contributed by atoms with Gasteiger partial charge in [0.1, 0.15) is 0 Å². The summed E-state index contributed by atoms with van der Waals surface area (Å²) in [7, 11) is 0. The zero-order valence-electron chi connectivity index (χ0n) is 15.2. The zero-order valence-corrected chi connectivity index (χ0v) is 21.7. The van der Waals surface area contributed by atoms with E-state index >= 15 is 0 Å². The Kier molecular flexibility index (Phi) is 7.74. The van der Waals surface area contributed by atoms with Crippen LogP contribution in [0.15, 0.2) is 6.07 Å². The molecule has 0 aliphatic carbocycles. The second-order valence-corrected chi connectivity index (χ2v) is 9.69. The molecule has 0 saturated carbocycles. The normalized spacial score (nSPS) is 11.7. The van der Waals surface area contributed by atoms with E-state index in [0.717, 1.165) is 24.4 Å². The van der Waals surface area contributed by atoms with Crippen molar-refractivity contribution in [2.75, 3.05) is 0 Å². The standard InChI is InChI=1S/C19H28ClN2.Sn.3H/c1-4-7-10-15-16(11-8-5-2)18(20)13-19-17(15)14-21-22(19)12-9-6-3;;;;/h13H,4-12H2,1-3H3;;;;. The SMILES string of the molecule is CCCCc1c(Cl)cc2c([c]([SnH3])nn2CCCC)c1CCCC. The van der Waals surface area contributed by atoms with Crippen molar-refractivity contribution in [2.24, 2.45) is 0 Å². The third-order valence-electron chi connectivity index (χ3n) is 4.67. The summed E-state index contributed by atoms with van der Waals surface area (Å²) in [6.07, 6.45) is 9.56. The van der Waals surface area contributed by atoms with Crippen molar-refractivity contribution in [3.63, 3.8) is 0 Å². The Morgan fingerprint density at radius 3 is 2.22 bits per heavy atom. The van der Waals surface area contributed by atoms with Gasteiger partial charge in [0, 0.05) is 0 Å². The third-order valence-corrected chi connectivity index (χ3v) is 7.00. The van der Waals surface area contributed by atoms with E-state index in [1.54, 1.807) is 0 Å². The topological polar surface area (TPSA) is 17.8 Å². The van der Waals surface area contributed by atoms with Crippen LogP contribution in [-0.2, 0) is 19.4 Å². The number of nitrogens with zero attached hydrogens (tertiary/aromatic N) is 2. The van der Waals surface area contributed by atoms with Gasteiger partial charge < -0.3 is 0 Å². The molecule has 0 radical (unpaired) electrons. The molecule has 0 aliphatic heterocycles. The molecule has 0 aliphatic rings. The number of unbranched alkanes of at least 4 members (excludes halogenated alkanes) is 3. The van der Waals surface area contributed by atoms with Gasteiger partial charge in [0.25, 0.3) is 0 Å². The number of aromatic nitrogens is 2. The van der Waals surface area contributed by atoms with Crippen molar-refractivity contribution in [3.05, 3.63) is 22.2 Å². The van der Waals surface area contributed by atoms with Gasteiger partial charge in [0.05, 0.1) is 0 Å². The van der Waals surface area contributed by atoms with Crippen LogP contribution in [0.3, 0.4) is 0 Å². The van der Waals surface area contributed by atoms with Crippen LogP contribution >= 0.6 is 11.6 Å². The van der Waals surface area contributed by atoms with Crippen LogP contribution in [0.1, 0.15) is 70.4 Å². The third kappa shape index (κ3) is 4.45. The number of benzene rings is 1. The van der Waals surface area contributed by atoms with Crippen molar-refractivity contribution in [1.82, 2.24) is 9.78 Å². The van der Waals surface area contributed by atoms with Crippen molar-refractivity contribution >= 4 is 48.7 Å². The van der Waals surface area contributed by atoms with Gasteiger partial charge in [-0.1, -0.05) is 0 Å². The van der Waals surface area contributed by atoms with E-state index in [9.17, 15) is 0 Å². The van der Waals surface area contributed by atoms with E-state index in [0.29, 0.717) is 22.5 Å². The molecule has 4 heteroatoms. The Morgan fingerprint density at radius 2 is 1.61 bits per heavy atom. The van der Waals surface area contributed by atoms with Gasteiger partial charge >= 0.3 is 159 Å². The number of rotatable bonds is 9. The Labute approximate surface area is 159 Å². The number of halogens is 1. The Balaban J connectivity index is 2.57. The van der Waals surface area contributed by atoms with Crippen LogP contribution in [0.2, 0.25) is 5.02 Å². The monoisotopic (exact) mass is 442 g/mol. The summed E-state index contributed by atoms with van der Waals surface area (Å²) in [4.78, 5) is 0. The molecule has 0 amide bonds. The average Bonchev–Trinajstić information content (AvgIpc) is 2.85. The van der Waals surface area contributed by atoms with Gasteiger partial charge in [-0.2, -0.15) is 0 Å². The van der Waals surface area contributed by atoms with E-state index in [-0.39, 0.29) is 0 Å². The summed E-state index contributed by atoms with van der Waals surface area (Å²) >= 11 is 7.12. The molecule has 0 saturated heterocycles. The maximum absolute atomic E-state index is 6.71. The predicted molar refractivity (Wildman–Crippen MR) is 106 cm³/mol. The van der Waals surface area contributed by atoms with Gasteiger partial charge in [-0.05, 0) is 0 Å². The van der Waals surface area contributed by atoms with Crippen molar-refractivity contribution in [3.8, 4) is 0 Å². The predicted octanol–water partition coefficient (Wildman–Crippen LogP) is 4.17. The summed E-state index contributed by atoms with van der Waals surface area (Å²) in [5.74, 6) is 0. The van der Waals surface area contributed by atoms with Gasteiger partial charge in [0.2, 0.25) is 0 Å². The summed E-state index contributed by atoms with van der Waals surface area (Å²) < 4.78 is 3.59. The Bertz CT molecular complexity index is 649. The molecular weight excluding hydrogens is 410 g/mol. The molecule has 0 unspecified atom stereocenters. The first kappa shape index (κ1) is 19.1. The number of fused-ring (bicyclic) bond motifs is 1. The van der Waals surface area contributed by atoms with Crippen LogP contribution in [0.4, 0.5) is 0 Å². The van der Waals surface area contributed by atoms with Crippen LogP contribution in [-0.4, -0.2) is 32.3 Å². The van der Waals surface area contributed by atoms with Gasteiger partial charge in [-0.3, -0.25) is 0 Å². The van der Waals surface area contributed by atoms with Crippen molar-refractivity contribution in [1.29, 1.82) is 0 Å². The van der Waals surface area contributed by atoms with E-state index in [1.807, 2.05) is 0 Å². The second-order valence-electron chi connectivity index (χ2n) is 6.58. The molecule has 2 aromatic rings. The molecule has 128 valence electrons. The second kappa shape index (κ2) is 9.31. The van der Waals surface area contributed by atoms with E-state index < -0.39 is 0 Å². The molecule has 0 fully saturated rings. The minimum atomic E-state index is 0.410. The molecule has 0 bridgehead atoms. The van der Waals surface area contributed by atoms with Crippen LogP contribution in [0, 0.1) is 0 Å². The maximum atomic E-state index is 6.71. The number of hydrogen-bond acceptors (Lipinski definition) is 1. The van der Waals surface area contributed by atoms with E-state index in [2.05, 4.69) is 31.5 Å². The van der Waals surface area contributed by atoms with Crippen LogP contribution in [0.5, 0.6) is 0 Å². The Hall–Kier alpha value is -0.221. The molecule has 2 nitrogen and oxygen atoms in total. The Morgan fingerprint density at radius 1 is 1.00 bits per heavy atom. The summed E-state index contributed by atoms with van der Waals surface area (Å²) in [5.41, 5.74) is 4.20. The molecule has 1 heterocycles. The fraction of sp³-hybridized carbons (Fsp3) is 0.632. The van der Waals surface area contributed by atoms with Gasteiger partial charge in [0.15, 0.2) is 0 Å². The molecule has 2 rings (SSSR count). The first-order valence-corrected chi connectivity index (χ1v) is 12.5. The van der Waals surface area contributed by atoms with Crippen LogP contribution in [0.25, 0.3) is 10.9 Å². The molecule has 1 aromatic carbocycles. The first-order chi connectivity index (χ1) is 11.1. The fourth-order valence-corrected chi connectivity index (χ4v) is 5.95. The fourth-order valence-electron chi connectivity index (χ4n) is 3.35. The first-order valence-electron chi connectivity index (χ1n) is 9.31. The molecular formula is C19H31ClN2Sn. The minimum absolute atomic E-state index is 0.410. The average molecular weight is 442 g/mol. The molecule has 0 spiro atoms. The van der Waals surface area contributed by atoms with E-state index in [4.69, 9.17) is 16.7 Å². The van der Waals surface area contributed by atoms with Crippen LogP contribution < -0.4 is 3.71 Å². The van der Waals surface area contributed by atoms with Crippen molar-refractivity contribution < 1.29 is 0 Å². The molecule has 0 atom stereocenters.